The Morgan fingerprint density at radius 3 is 2.44 bits per heavy atom. The third-order valence-corrected chi connectivity index (χ3v) is 6.90. The molecule has 0 saturated carbocycles. The lowest BCUT2D eigenvalue weighted by atomic mass is 9.78. The van der Waals surface area contributed by atoms with Crippen molar-refractivity contribution in [2.75, 3.05) is 27.7 Å². The van der Waals surface area contributed by atoms with Gasteiger partial charge in [0.2, 0.25) is 5.75 Å². The number of hydrogen-bond acceptors (Lipinski definition) is 8. The summed E-state index contributed by atoms with van der Waals surface area (Å²) >= 11 is 0. The molecule has 0 radical (unpaired) electrons. The quantitative estimate of drug-likeness (QED) is 0.440. The number of methoxy groups -OCH3 is 1. The van der Waals surface area contributed by atoms with Crippen LogP contribution in [0, 0.1) is 5.92 Å². The molecule has 3 unspecified atom stereocenters. The van der Waals surface area contributed by atoms with Crippen molar-refractivity contribution in [2.45, 2.75) is 38.5 Å². The van der Waals surface area contributed by atoms with Crippen LogP contribution in [-0.4, -0.2) is 76.4 Å². The van der Waals surface area contributed by atoms with E-state index in [0.29, 0.717) is 13.0 Å². The number of rotatable bonds is 8. The van der Waals surface area contributed by atoms with Gasteiger partial charge in [-0.25, -0.2) is 9.59 Å². The van der Waals surface area contributed by atoms with Crippen LogP contribution in [0.1, 0.15) is 46.6 Å². The molecule has 12 nitrogen and oxygen atoms in total. The Balaban J connectivity index is 1.81. The molecule has 3 aromatic rings. The molecule has 1 aromatic carbocycles. The van der Waals surface area contributed by atoms with Crippen molar-refractivity contribution >= 4 is 17.9 Å². The summed E-state index contributed by atoms with van der Waals surface area (Å²) < 4.78 is 18.1. The SMILES string of the molecule is COc1c(C2C(C)CCN(C(=O)N(C)C)C2C(=O)O)nn(C(=O)c2ccco2)c1OCc1ccc(CN)cc1. The number of carboxylic acids is 1. The van der Waals surface area contributed by atoms with Crippen LogP contribution in [0.15, 0.2) is 47.1 Å². The fourth-order valence-corrected chi connectivity index (χ4v) is 4.85. The van der Waals surface area contributed by atoms with E-state index in [1.807, 2.05) is 31.2 Å². The number of carbonyl (C=O) groups is 3. The van der Waals surface area contributed by atoms with Gasteiger partial charge in [0.1, 0.15) is 18.3 Å². The standard InChI is InChI=1S/C27H33N5O7/c1-16-11-12-31(27(36)30(2)3)22(26(34)35)20(16)21-23(37-4)25(32(29-21)24(33)19-6-5-13-38-19)39-15-18-9-7-17(14-28)8-10-18/h5-10,13,16,20,22H,11-12,14-15,28H2,1-4H3,(H,34,35). The van der Waals surface area contributed by atoms with Crippen LogP contribution >= 0.6 is 0 Å². The van der Waals surface area contributed by atoms with Gasteiger partial charge in [-0.2, -0.15) is 9.78 Å². The number of carbonyl (C=O) groups excluding carboxylic acids is 2. The van der Waals surface area contributed by atoms with E-state index >= 15 is 0 Å². The predicted molar refractivity (Wildman–Crippen MR) is 140 cm³/mol. The lowest BCUT2D eigenvalue weighted by Gasteiger charge is -2.42. The molecular formula is C27H33N5O7. The molecule has 1 saturated heterocycles. The molecule has 1 aliphatic rings. The highest BCUT2D eigenvalue weighted by Crippen LogP contribution is 2.45. The minimum absolute atomic E-state index is 0.00389. The number of nitrogens with two attached hydrogens (primary N) is 1. The van der Waals surface area contributed by atoms with Crippen molar-refractivity contribution in [3.05, 3.63) is 65.2 Å². The number of benzene rings is 1. The summed E-state index contributed by atoms with van der Waals surface area (Å²) in [5.41, 5.74) is 7.67. The molecule has 0 bridgehead atoms. The molecule has 1 fully saturated rings. The van der Waals surface area contributed by atoms with E-state index in [4.69, 9.17) is 19.6 Å². The van der Waals surface area contributed by atoms with Crippen molar-refractivity contribution < 1.29 is 33.4 Å². The number of furan rings is 1. The summed E-state index contributed by atoms with van der Waals surface area (Å²) in [6, 6.07) is 8.87. The van der Waals surface area contributed by atoms with Gasteiger partial charge in [-0.15, -0.1) is 0 Å². The molecule has 208 valence electrons. The van der Waals surface area contributed by atoms with E-state index in [0.717, 1.165) is 15.8 Å². The highest BCUT2D eigenvalue weighted by atomic mass is 16.5. The van der Waals surface area contributed by atoms with E-state index < -0.39 is 29.9 Å². The molecule has 12 heteroatoms. The van der Waals surface area contributed by atoms with Crippen molar-refractivity contribution in [3.8, 4) is 11.6 Å². The van der Waals surface area contributed by atoms with Crippen LogP contribution in [-0.2, 0) is 17.9 Å². The Morgan fingerprint density at radius 2 is 1.87 bits per heavy atom. The van der Waals surface area contributed by atoms with Gasteiger partial charge in [-0.1, -0.05) is 31.2 Å². The van der Waals surface area contributed by atoms with Gasteiger partial charge in [-0.3, -0.25) is 4.79 Å². The summed E-state index contributed by atoms with van der Waals surface area (Å²) in [6.45, 7) is 2.64. The summed E-state index contributed by atoms with van der Waals surface area (Å²) in [5, 5.41) is 14.8. The zero-order chi connectivity index (χ0) is 28.3. The summed E-state index contributed by atoms with van der Waals surface area (Å²) in [5.74, 6) is -2.65. The molecular weight excluding hydrogens is 506 g/mol. The Kier molecular flexibility index (Phi) is 8.24. The molecule has 2 amide bonds. The molecule has 2 aromatic heterocycles. The van der Waals surface area contributed by atoms with E-state index in [1.165, 1.54) is 29.2 Å². The highest BCUT2D eigenvalue weighted by molar-refractivity contribution is 5.94. The number of piperidine rings is 1. The molecule has 0 aliphatic carbocycles. The monoisotopic (exact) mass is 539 g/mol. The third kappa shape index (κ3) is 5.46. The molecule has 3 N–H and O–H groups in total. The van der Waals surface area contributed by atoms with Crippen LogP contribution in [0.25, 0.3) is 0 Å². The smallest absolute Gasteiger partial charge is 0.327 e. The molecule has 39 heavy (non-hydrogen) atoms. The maximum atomic E-state index is 13.4. The Bertz CT molecular complexity index is 1320. The van der Waals surface area contributed by atoms with E-state index in [2.05, 4.69) is 5.10 Å². The number of likely N-dealkylation sites (tertiary alicyclic amines) is 1. The van der Waals surface area contributed by atoms with Gasteiger partial charge in [-0.05, 0) is 35.6 Å². The zero-order valence-electron chi connectivity index (χ0n) is 22.4. The van der Waals surface area contributed by atoms with E-state index in [1.54, 1.807) is 20.2 Å². The zero-order valence-corrected chi connectivity index (χ0v) is 22.4. The molecule has 4 rings (SSSR count). The fraction of sp³-hybridized carbons (Fsp3) is 0.407. The van der Waals surface area contributed by atoms with Crippen LogP contribution in [0.5, 0.6) is 11.6 Å². The molecule has 1 aliphatic heterocycles. The first kappa shape index (κ1) is 27.7. The van der Waals surface area contributed by atoms with Crippen molar-refractivity contribution in [1.29, 1.82) is 0 Å². The van der Waals surface area contributed by atoms with Crippen LogP contribution in [0.3, 0.4) is 0 Å². The second kappa shape index (κ2) is 11.6. The highest BCUT2D eigenvalue weighted by Gasteiger charge is 2.47. The number of nitrogens with zero attached hydrogens (tertiary/aromatic N) is 4. The first-order chi connectivity index (χ1) is 18.7. The van der Waals surface area contributed by atoms with Gasteiger partial charge in [0.05, 0.1) is 13.4 Å². The van der Waals surface area contributed by atoms with Gasteiger partial charge >= 0.3 is 17.9 Å². The summed E-state index contributed by atoms with van der Waals surface area (Å²) in [6.07, 6.45) is 1.89. The predicted octanol–water partition coefficient (Wildman–Crippen LogP) is 2.77. The normalized spacial score (nSPS) is 19.0. The number of aromatic nitrogens is 2. The number of amides is 2. The van der Waals surface area contributed by atoms with E-state index in [-0.39, 0.29) is 42.2 Å². The first-order valence-electron chi connectivity index (χ1n) is 12.5. The minimum Gasteiger partial charge on any atom is -0.490 e. The van der Waals surface area contributed by atoms with Crippen molar-refractivity contribution in [3.63, 3.8) is 0 Å². The number of urea groups is 1. The van der Waals surface area contributed by atoms with Crippen LogP contribution < -0.4 is 15.2 Å². The number of hydrogen-bond donors (Lipinski definition) is 2. The second-order valence-corrected chi connectivity index (χ2v) is 9.67. The second-order valence-electron chi connectivity index (χ2n) is 9.67. The Labute approximate surface area is 225 Å². The first-order valence-corrected chi connectivity index (χ1v) is 12.5. The Morgan fingerprint density at radius 1 is 1.18 bits per heavy atom. The minimum atomic E-state index is -1.24. The lowest BCUT2D eigenvalue weighted by Crippen LogP contribution is -2.56. The van der Waals surface area contributed by atoms with Gasteiger partial charge in [0.25, 0.3) is 5.88 Å². The van der Waals surface area contributed by atoms with Gasteiger partial charge < -0.3 is 34.5 Å². The molecule has 0 spiro atoms. The average molecular weight is 540 g/mol. The maximum Gasteiger partial charge on any atom is 0.327 e. The van der Waals surface area contributed by atoms with E-state index in [9.17, 15) is 19.5 Å². The summed E-state index contributed by atoms with van der Waals surface area (Å²) in [7, 11) is 4.53. The lowest BCUT2D eigenvalue weighted by molar-refractivity contribution is -0.145. The summed E-state index contributed by atoms with van der Waals surface area (Å²) in [4.78, 5) is 41.6. The van der Waals surface area contributed by atoms with Crippen LogP contribution in [0.2, 0.25) is 0 Å². The maximum absolute atomic E-state index is 13.4. The topological polar surface area (TPSA) is 153 Å². The number of ether oxygens (including phenoxy) is 2. The van der Waals surface area contributed by atoms with Crippen LogP contribution in [0.4, 0.5) is 4.79 Å². The molecule has 3 atom stereocenters. The largest absolute Gasteiger partial charge is 0.490 e. The van der Waals surface area contributed by atoms with Gasteiger partial charge in [0.15, 0.2) is 5.76 Å². The Hall–Kier alpha value is -4.32. The molecule has 3 heterocycles. The van der Waals surface area contributed by atoms with Crippen molar-refractivity contribution in [1.82, 2.24) is 19.6 Å². The number of carboxylic acid groups (broad SMARTS) is 1. The van der Waals surface area contributed by atoms with Crippen molar-refractivity contribution in [2.24, 2.45) is 11.7 Å². The average Bonchev–Trinajstić information content (AvgIpc) is 3.59. The van der Waals surface area contributed by atoms with Gasteiger partial charge in [0, 0.05) is 33.1 Å². The number of aliphatic carboxylic acids is 1. The fourth-order valence-electron chi connectivity index (χ4n) is 4.85. The third-order valence-electron chi connectivity index (χ3n) is 6.90.